The Morgan fingerprint density at radius 3 is 2.57 bits per heavy atom. The first-order valence-corrected chi connectivity index (χ1v) is 4.68. The summed E-state index contributed by atoms with van der Waals surface area (Å²) in [5.41, 5.74) is 2.37. The van der Waals surface area contributed by atoms with E-state index in [1.807, 2.05) is 27.2 Å². The normalized spacial score (nSPS) is 10.0. The number of methoxy groups -OCH3 is 1. The Morgan fingerprint density at radius 1 is 1.36 bits per heavy atom. The standard InChI is InChI=1S/C11H18N2O/c1-12-8-9-5-6-11(14-4)10(7-9)13(2)3/h5-7,12H,8H2,1-4H3. The molecule has 0 radical (unpaired) electrons. The van der Waals surface area contributed by atoms with Crippen molar-refractivity contribution in [2.45, 2.75) is 6.54 Å². The van der Waals surface area contributed by atoms with Crippen molar-refractivity contribution >= 4 is 5.69 Å². The Bertz CT molecular complexity index is 297. The fourth-order valence-corrected chi connectivity index (χ4v) is 1.40. The van der Waals surface area contributed by atoms with Gasteiger partial charge in [-0.05, 0) is 24.7 Å². The van der Waals surface area contributed by atoms with Gasteiger partial charge in [-0.1, -0.05) is 6.07 Å². The van der Waals surface area contributed by atoms with Gasteiger partial charge in [-0.3, -0.25) is 0 Å². The fraction of sp³-hybridized carbons (Fsp3) is 0.455. The fourth-order valence-electron chi connectivity index (χ4n) is 1.40. The number of rotatable bonds is 4. The van der Waals surface area contributed by atoms with Gasteiger partial charge in [0.15, 0.2) is 0 Å². The highest BCUT2D eigenvalue weighted by Gasteiger charge is 2.05. The zero-order chi connectivity index (χ0) is 10.6. The molecule has 1 aromatic carbocycles. The van der Waals surface area contributed by atoms with E-state index in [0.29, 0.717) is 0 Å². The summed E-state index contributed by atoms with van der Waals surface area (Å²) in [5.74, 6) is 0.912. The lowest BCUT2D eigenvalue weighted by atomic mass is 10.1. The zero-order valence-electron chi connectivity index (χ0n) is 9.29. The molecule has 0 aliphatic heterocycles. The van der Waals surface area contributed by atoms with Crippen molar-refractivity contribution in [1.82, 2.24) is 5.32 Å². The number of hydrogen-bond donors (Lipinski definition) is 1. The molecule has 1 rings (SSSR count). The summed E-state index contributed by atoms with van der Waals surface area (Å²) in [5, 5.41) is 3.13. The Kier molecular flexibility index (Phi) is 3.77. The SMILES string of the molecule is CNCc1ccc(OC)c(N(C)C)c1. The minimum atomic E-state index is 0.880. The molecule has 1 N–H and O–H groups in total. The molecular formula is C11H18N2O. The van der Waals surface area contributed by atoms with Crippen LogP contribution in [0.2, 0.25) is 0 Å². The van der Waals surface area contributed by atoms with Crippen LogP contribution in [0, 0.1) is 0 Å². The van der Waals surface area contributed by atoms with Gasteiger partial charge >= 0.3 is 0 Å². The van der Waals surface area contributed by atoms with Gasteiger partial charge in [0.25, 0.3) is 0 Å². The zero-order valence-corrected chi connectivity index (χ0v) is 9.29. The Labute approximate surface area is 85.7 Å². The van der Waals surface area contributed by atoms with Crippen molar-refractivity contribution in [3.63, 3.8) is 0 Å². The van der Waals surface area contributed by atoms with Crippen LogP contribution in [0.25, 0.3) is 0 Å². The minimum Gasteiger partial charge on any atom is -0.495 e. The first-order valence-electron chi connectivity index (χ1n) is 4.68. The average molecular weight is 194 g/mol. The van der Waals surface area contributed by atoms with Crippen molar-refractivity contribution in [1.29, 1.82) is 0 Å². The molecule has 0 atom stereocenters. The molecule has 0 unspecified atom stereocenters. The molecule has 0 saturated heterocycles. The van der Waals surface area contributed by atoms with E-state index in [9.17, 15) is 0 Å². The molecule has 3 heteroatoms. The number of benzene rings is 1. The van der Waals surface area contributed by atoms with Gasteiger partial charge in [0.1, 0.15) is 5.75 Å². The Morgan fingerprint density at radius 2 is 2.07 bits per heavy atom. The van der Waals surface area contributed by atoms with E-state index in [4.69, 9.17) is 4.74 Å². The Hall–Kier alpha value is -1.22. The summed E-state index contributed by atoms with van der Waals surface area (Å²) < 4.78 is 5.28. The van der Waals surface area contributed by atoms with Crippen LogP contribution in [0.1, 0.15) is 5.56 Å². The van der Waals surface area contributed by atoms with E-state index in [2.05, 4.69) is 22.3 Å². The monoisotopic (exact) mass is 194 g/mol. The first kappa shape index (κ1) is 10.9. The van der Waals surface area contributed by atoms with Crippen LogP contribution in [-0.4, -0.2) is 28.3 Å². The molecule has 0 heterocycles. The van der Waals surface area contributed by atoms with Crippen LogP contribution >= 0.6 is 0 Å². The van der Waals surface area contributed by atoms with Gasteiger partial charge in [0.05, 0.1) is 12.8 Å². The lowest BCUT2D eigenvalue weighted by Crippen LogP contribution is -2.12. The van der Waals surface area contributed by atoms with Gasteiger partial charge in [-0.15, -0.1) is 0 Å². The maximum Gasteiger partial charge on any atom is 0.142 e. The van der Waals surface area contributed by atoms with E-state index >= 15 is 0 Å². The number of ether oxygens (including phenoxy) is 1. The maximum absolute atomic E-state index is 5.28. The van der Waals surface area contributed by atoms with Crippen LogP contribution in [0.3, 0.4) is 0 Å². The summed E-state index contributed by atoms with van der Waals surface area (Å²) >= 11 is 0. The van der Waals surface area contributed by atoms with Crippen molar-refractivity contribution in [2.24, 2.45) is 0 Å². The molecule has 14 heavy (non-hydrogen) atoms. The van der Waals surface area contributed by atoms with E-state index in [0.717, 1.165) is 18.0 Å². The highest BCUT2D eigenvalue weighted by Crippen LogP contribution is 2.27. The number of anilines is 1. The van der Waals surface area contributed by atoms with E-state index in [-0.39, 0.29) is 0 Å². The van der Waals surface area contributed by atoms with Crippen molar-refractivity contribution in [3.05, 3.63) is 23.8 Å². The van der Waals surface area contributed by atoms with Gasteiger partial charge in [0.2, 0.25) is 0 Å². The quantitative estimate of drug-likeness (QED) is 0.785. The molecule has 0 saturated carbocycles. The molecule has 0 bridgehead atoms. The number of hydrogen-bond acceptors (Lipinski definition) is 3. The lowest BCUT2D eigenvalue weighted by molar-refractivity contribution is 0.415. The summed E-state index contributed by atoms with van der Waals surface area (Å²) in [6.07, 6.45) is 0. The largest absolute Gasteiger partial charge is 0.495 e. The second-order valence-electron chi connectivity index (χ2n) is 3.43. The third kappa shape index (κ3) is 2.39. The molecule has 0 fully saturated rings. The number of nitrogens with zero attached hydrogens (tertiary/aromatic N) is 1. The lowest BCUT2D eigenvalue weighted by Gasteiger charge is -2.17. The van der Waals surface area contributed by atoms with E-state index in [1.165, 1.54) is 5.56 Å². The third-order valence-corrected chi connectivity index (χ3v) is 2.11. The molecule has 1 aromatic rings. The maximum atomic E-state index is 5.28. The van der Waals surface area contributed by atoms with Crippen molar-refractivity contribution in [3.8, 4) is 5.75 Å². The molecule has 0 aromatic heterocycles. The molecule has 78 valence electrons. The minimum absolute atomic E-state index is 0.880. The van der Waals surface area contributed by atoms with Gasteiger partial charge in [0, 0.05) is 20.6 Å². The number of nitrogens with one attached hydrogen (secondary N) is 1. The highest BCUT2D eigenvalue weighted by atomic mass is 16.5. The summed E-state index contributed by atoms with van der Waals surface area (Å²) in [4.78, 5) is 2.05. The topological polar surface area (TPSA) is 24.5 Å². The Balaban J connectivity index is 3.01. The molecule has 0 amide bonds. The molecule has 0 aliphatic carbocycles. The van der Waals surface area contributed by atoms with E-state index in [1.54, 1.807) is 7.11 Å². The third-order valence-electron chi connectivity index (χ3n) is 2.11. The van der Waals surface area contributed by atoms with Crippen molar-refractivity contribution in [2.75, 3.05) is 33.2 Å². The predicted octanol–water partition coefficient (Wildman–Crippen LogP) is 1.48. The summed E-state index contributed by atoms with van der Waals surface area (Å²) in [7, 11) is 7.67. The average Bonchev–Trinajstić information content (AvgIpc) is 2.18. The van der Waals surface area contributed by atoms with Crippen LogP contribution in [0.5, 0.6) is 5.75 Å². The van der Waals surface area contributed by atoms with E-state index < -0.39 is 0 Å². The van der Waals surface area contributed by atoms with Crippen LogP contribution in [0.15, 0.2) is 18.2 Å². The first-order chi connectivity index (χ1) is 6.69. The molecule has 0 spiro atoms. The molecule has 0 aliphatic rings. The van der Waals surface area contributed by atoms with Gasteiger partial charge in [-0.25, -0.2) is 0 Å². The van der Waals surface area contributed by atoms with Crippen LogP contribution in [0.4, 0.5) is 5.69 Å². The smallest absolute Gasteiger partial charge is 0.142 e. The second-order valence-corrected chi connectivity index (χ2v) is 3.43. The summed E-state index contributed by atoms with van der Waals surface area (Å²) in [6, 6.07) is 6.21. The summed E-state index contributed by atoms with van der Waals surface area (Å²) in [6.45, 7) is 0.880. The molecular weight excluding hydrogens is 176 g/mol. The molecule has 3 nitrogen and oxygen atoms in total. The van der Waals surface area contributed by atoms with Crippen LogP contribution < -0.4 is 15.0 Å². The van der Waals surface area contributed by atoms with Gasteiger partial charge < -0.3 is 15.0 Å². The van der Waals surface area contributed by atoms with Crippen molar-refractivity contribution < 1.29 is 4.74 Å². The van der Waals surface area contributed by atoms with Gasteiger partial charge in [-0.2, -0.15) is 0 Å². The van der Waals surface area contributed by atoms with Crippen LogP contribution in [-0.2, 0) is 6.54 Å². The highest BCUT2D eigenvalue weighted by molar-refractivity contribution is 5.59. The predicted molar refractivity (Wildman–Crippen MR) is 60.1 cm³/mol. The second kappa shape index (κ2) is 4.86.